The highest BCUT2D eigenvalue weighted by Crippen LogP contribution is 2.14. The molecule has 0 aliphatic heterocycles. The van der Waals surface area contributed by atoms with E-state index < -0.39 is 6.10 Å². The number of nitrogens with one attached hydrogen (secondary N) is 1. The Balaban J connectivity index is 2.60. The van der Waals surface area contributed by atoms with Gasteiger partial charge in [0, 0.05) is 5.54 Å². The highest BCUT2D eigenvalue weighted by atomic mass is 16.3. The molecule has 0 aliphatic carbocycles. The van der Waals surface area contributed by atoms with Crippen LogP contribution in [-0.4, -0.2) is 23.1 Å². The van der Waals surface area contributed by atoms with Crippen molar-refractivity contribution in [1.82, 2.24) is 5.32 Å². The van der Waals surface area contributed by atoms with Gasteiger partial charge in [0.25, 0.3) is 0 Å². The lowest BCUT2D eigenvalue weighted by atomic mass is 10.1. The van der Waals surface area contributed by atoms with E-state index in [1.54, 1.807) is 0 Å². The SMILES string of the molecule is Cc1cccc(C(O)CN=C(N)NC(C)(C)C)c1. The Morgan fingerprint density at radius 1 is 1.44 bits per heavy atom. The summed E-state index contributed by atoms with van der Waals surface area (Å²) in [5.41, 5.74) is 7.61. The summed E-state index contributed by atoms with van der Waals surface area (Å²) in [6, 6.07) is 7.76. The van der Waals surface area contributed by atoms with Gasteiger partial charge >= 0.3 is 0 Å². The van der Waals surface area contributed by atoms with Gasteiger partial charge in [-0.2, -0.15) is 0 Å². The van der Waals surface area contributed by atoms with E-state index in [1.807, 2.05) is 52.0 Å². The largest absolute Gasteiger partial charge is 0.386 e. The van der Waals surface area contributed by atoms with Gasteiger partial charge in [-0.1, -0.05) is 29.8 Å². The number of aryl methyl sites for hydroxylation is 1. The zero-order valence-electron chi connectivity index (χ0n) is 11.6. The molecule has 0 radical (unpaired) electrons. The molecule has 0 amide bonds. The van der Waals surface area contributed by atoms with Crippen LogP contribution in [0, 0.1) is 6.92 Å². The highest BCUT2D eigenvalue weighted by molar-refractivity contribution is 5.78. The van der Waals surface area contributed by atoms with Crippen LogP contribution in [0.25, 0.3) is 0 Å². The first kappa shape index (κ1) is 14.5. The fraction of sp³-hybridized carbons (Fsp3) is 0.500. The number of aliphatic hydroxyl groups excluding tert-OH is 1. The van der Waals surface area contributed by atoms with E-state index in [-0.39, 0.29) is 12.1 Å². The molecule has 0 heterocycles. The van der Waals surface area contributed by atoms with Crippen LogP contribution in [0.3, 0.4) is 0 Å². The lowest BCUT2D eigenvalue weighted by molar-refractivity contribution is 0.187. The van der Waals surface area contributed by atoms with Gasteiger partial charge < -0.3 is 16.2 Å². The molecule has 1 atom stereocenters. The second-order valence-corrected chi connectivity index (χ2v) is 5.53. The van der Waals surface area contributed by atoms with Gasteiger partial charge in [-0.3, -0.25) is 4.99 Å². The number of rotatable bonds is 3. The first-order valence-corrected chi connectivity index (χ1v) is 6.10. The van der Waals surface area contributed by atoms with Crippen molar-refractivity contribution in [1.29, 1.82) is 0 Å². The molecule has 4 heteroatoms. The lowest BCUT2D eigenvalue weighted by Gasteiger charge is -2.21. The molecule has 0 saturated carbocycles. The van der Waals surface area contributed by atoms with E-state index >= 15 is 0 Å². The third-order valence-corrected chi connectivity index (χ3v) is 2.36. The molecule has 0 bridgehead atoms. The van der Waals surface area contributed by atoms with E-state index in [0.29, 0.717) is 5.96 Å². The summed E-state index contributed by atoms with van der Waals surface area (Å²) in [5.74, 6) is 0.356. The summed E-state index contributed by atoms with van der Waals surface area (Å²) in [6.45, 7) is 8.28. The minimum absolute atomic E-state index is 0.123. The second-order valence-electron chi connectivity index (χ2n) is 5.53. The number of hydrogen-bond acceptors (Lipinski definition) is 2. The van der Waals surface area contributed by atoms with Crippen molar-refractivity contribution in [2.45, 2.75) is 39.3 Å². The molecule has 1 aromatic carbocycles. The second kappa shape index (κ2) is 5.87. The topological polar surface area (TPSA) is 70.6 Å². The third-order valence-electron chi connectivity index (χ3n) is 2.36. The number of guanidine groups is 1. The fourth-order valence-corrected chi connectivity index (χ4v) is 1.59. The maximum absolute atomic E-state index is 10.0. The average molecular weight is 249 g/mol. The molecule has 18 heavy (non-hydrogen) atoms. The number of nitrogens with two attached hydrogens (primary N) is 1. The molecular weight excluding hydrogens is 226 g/mol. The smallest absolute Gasteiger partial charge is 0.189 e. The predicted molar refractivity (Wildman–Crippen MR) is 75.5 cm³/mol. The Labute approximate surface area is 109 Å². The van der Waals surface area contributed by atoms with Crippen molar-refractivity contribution in [2.75, 3.05) is 6.54 Å². The van der Waals surface area contributed by atoms with Crippen LogP contribution in [0.15, 0.2) is 29.3 Å². The maximum atomic E-state index is 10.0. The lowest BCUT2D eigenvalue weighted by Crippen LogP contribution is -2.45. The minimum atomic E-state index is -0.620. The summed E-state index contributed by atoms with van der Waals surface area (Å²) in [4.78, 5) is 4.15. The van der Waals surface area contributed by atoms with Gasteiger partial charge in [0.05, 0.1) is 12.6 Å². The van der Waals surface area contributed by atoms with Crippen molar-refractivity contribution in [2.24, 2.45) is 10.7 Å². The van der Waals surface area contributed by atoms with Crippen LogP contribution in [0.2, 0.25) is 0 Å². The summed E-state index contributed by atoms with van der Waals surface area (Å²) in [7, 11) is 0. The minimum Gasteiger partial charge on any atom is -0.386 e. The van der Waals surface area contributed by atoms with Crippen LogP contribution in [0.5, 0.6) is 0 Å². The van der Waals surface area contributed by atoms with Gasteiger partial charge in [-0.15, -0.1) is 0 Å². The van der Waals surface area contributed by atoms with Gasteiger partial charge in [0.1, 0.15) is 0 Å². The van der Waals surface area contributed by atoms with Crippen molar-refractivity contribution < 1.29 is 5.11 Å². The van der Waals surface area contributed by atoms with Crippen LogP contribution >= 0.6 is 0 Å². The number of nitrogens with zero attached hydrogens (tertiary/aromatic N) is 1. The summed E-state index contributed by atoms with van der Waals surface area (Å²) in [6.07, 6.45) is -0.620. The Kier molecular flexibility index (Phi) is 4.73. The van der Waals surface area contributed by atoms with Crippen molar-refractivity contribution in [3.8, 4) is 0 Å². The van der Waals surface area contributed by atoms with Crippen molar-refractivity contribution >= 4 is 5.96 Å². The van der Waals surface area contributed by atoms with Gasteiger partial charge in [-0.25, -0.2) is 0 Å². The number of aliphatic imine (C=N–C) groups is 1. The quantitative estimate of drug-likeness (QED) is 0.564. The van der Waals surface area contributed by atoms with Gasteiger partial charge in [0.15, 0.2) is 5.96 Å². The Bertz CT molecular complexity index is 421. The Hall–Kier alpha value is -1.55. The zero-order valence-corrected chi connectivity index (χ0v) is 11.6. The van der Waals surface area contributed by atoms with E-state index in [2.05, 4.69) is 10.3 Å². The monoisotopic (exact) mass is 249 g/mol. The molecule has 1 unspecified atom stereocenters. The standard InChI is InChI=1S/C14H23N3O/c1-10-6-5-7-11(8-10)12(18)9-16-13(15)17-14(2,3)4/h5-8,12,18H,9H2,1-4H3,(H3,15,16,17). The molecule has 1 aromatic rings. The number of hydrogen-bond donors (Lipinski definition) is 3. The molecule has 0 saturated heterocycles. The van der Waals surface area contributed by atoms with E-state index in [9.17, 15) is 5.11 Å². The van der Waals surface area contributed by atoms with Crippen LogP contribution in [0.4, 0.5) is 0 Å². The molecule has 0 fully saturated rings. The van der Waals surface area contributed by atoms with Crippen molar-refractivity contribution in [3.05, 3.63) is 35.4 Å². The normalized spacial score (nSPS) is 14.4. The number of benzene rings is 1. The zero-order chi connectivity index (χ0) is 13.8. The van der Waals surface area contributed by atoms with E-state index in [1.165, 1.54) is 0 Å². The highest BCUT2D eigenvalue weighted by Gasteiger charge is 2.11. The summed E-state index contributed by atoms with van der Waals surface area (Å²) in [5, 5.41) is 13.1. The molecule has 0 aromatic heterocycles. The molecular formula is C14H23N3O. The molecule has 4 nitrogen and oxygen atoms in total. The average Bonchev–Trinajstić information content (AvgIpc) is 2.23. The molecule has 0 spiro atoms. The van der Waals surface area contributed by atoms with E-state index in [4.69, 9.17) is 5.73 Å². The van der Waals surface area contributed by atoms with E-state index in [0.717, 1.165) is 11.1 Å². The molecule has 1 rings (SSSR count). The third kappa shape index (κ3) is 5.19. The Morgan fingerprint density at radius 2 is 2.11 bits per heavy atom. The number of aliphatic hydroxyl groups is 1. The maximum Gasteiger partial charge on any atom is 0.189 e. The summed E-state index contributed by atoms with van der Waals surface area (Å²) >= 11 is 0. The summed E-state index contributed by atoms with van der Waals surface area (Å²) < 4.78 is 0. The Morgan fingerprint density at radius 3 is 2.67 bits per heavy atom. The molecule has 4 N–H and O–H groups in total. The first-order chi connectivity index (χ1) is 8.28. The molecule has 100 valence electrons. The van der Waals surface area contributed by atoms with Crippen LogP contribution in [0.1, 0.15) is 38.0 Å². The van der Waals surface area contributed by atoms with Gasteiger partial charge in [-0.05, 0) is 33.3 Å². The predicted octanol–water partition coefficient (Wildman–Crippen LogP) is 1.73. The molecule has 0 aliphatic rings. The van der Waals surface area contributed by atoms with Crippen LogP contribution < -0.4 is 11.1 Å². The fourth-order valence-electron chi connectivity index (χ4n) is 1.59. The van der Waals surface area contributed by atoms with Crippen molar-refractivity contribution in [3.63, 3.8) is 0 Å². The van der Waals surface area contributed by atoms with Gasteiger partial charge in [0.2, 0.25) is 0 Å². The van der Waals surface area contributed by atoms with Crippen LogP contribution in [-0.2, 0) is 0 Å². The first-order valence-electron chi connectivity index (χ1n) is 6.10.